The molecule has 2 heterocycles. The zero-order chi connectivity index (χ0) is 25.0. The van der Waals surface area contributed by atoms with Crippen molar-refractivity contribution in [3.63, 3.8) is 0 Å². The van der Waals surface area contributed by atoms with E-state index in [0.717, 1.165) is 42.7 Å². The summed E-state index contributed by atoms with van der Waals surface area (Å²) >= 11 is 1.53. The van der Waals surface area contributed by atoms with Crippen molar-refractivity contribution in [2.45, 2.75) is 61.8 Å². The van der Waals surface area contributed by atoms with Crippen molar-refractivity contribution in [1.82, 2.24) is 9.88 Å². The third-order valence-electron chi connectivity index (χ3n) is 7.10. The SMILES string of the molecule is CSc1cccc(N2C(=O)c3cc4ccc(C(F)(F)F)cc4n3C[C@]2(C)C(=O)NC2CCCC2)c1. The quantitative estimate of drug-likeness (QED) is 0.456. The van der Waals surface area contributed by atoms with E-state index in [9.17, 15) is 22.8 Å². The molecule has 3 aromatic rings. The Morgan fingerprint density at radius 3 is 2.54 bits per heavy atom. The van der Waals surface area contributed by atoms with Gasteiger partial charge in [0.25, 0.3) is 5.91 Å². The molecule has 0 radical (unpaired) electrons. The Morgan fingerprint density at radius 1 is 1.11 bits per heavy atom. The molecule has 1 fully saturated rings. The minimum Gasteiger partial charge on any atom is -0.351 e. The van der Waals surface area contributed by atoms with Crippen molar-refractivity contribution >= 4 is 40.2 Å². The molecule has 0 saturated heterocycles. The molecule has 5 nitrogen and oxygen atoms in total. The Balaban J connectivity index is 1.66. The van der Waals surface area contributed by atoms with Crippen LogP contribution in [0.25, 0.3) is 10.9 Å². The third kappa shape index (κ3) is 4.09. The summed E-state index contributed by atoms with van der Waals surface area (Å²) in [5.74, 6) is -0.713. The fourth-order valence-corrected chi connectivity index (χ4v) is 5.68. The first-order valence-electron chi connectivity index (χ1n) is 11.6. The monoisotopic (exact) mass is 501 g/mol. The molecule has 0 bridgehead atoms. The van der Waals surface area contributed by atoms with Crippen LogP contribution in [0.2, 0.25) is 0 Å². The summed E-state index contributed by atoms with van der Waals surface area (Å²) in [4.78, 5) is 30.1. The van der Waals surface area contributed by atoms with Gasteiger partial charge in [0.1, 0.15) is 11.2 Å². The van der Waals surface area contributed by atoms with E-state index >= 15 is 0 Å². The molecule has 1 saturated carbocycles. The maximum Gasteiger partial charge on any atom is 0.416 e. The lowest BCUT2D eigenvalue weighted by Crippen LogP contribution is -2.65. The number of benzene rings is 2. The number of rotatable bonds is 4. The Morgan fingerprint density at radius 2 is 1.86 bits per heavy atom. The van der Waals surface area contributed by atoms with Gasteiger partial charge in [0, 0.05) is 27.5 Å². The number of nitrogens with zero attached hydrogens (tertiary/aromatic N) is 2. The van der Waals surface area contributed by atoms with Gasteiger partial charge in [-0.1, -0.05) is 25.0 Å². The first-order chi connectivity index (χ1) is 16.6. The van der Waals surface area contributed by atoms with Gasteiger partial charge < -0.3 is 9.88 Å². The lowest BCUT2D eigenvalue weighted by Gasteiger charge is -2.44. The van der Waals surface area contributed by atoms with Crippen LogP contribution in [-0.2, 0) is 17.5 Å². The smallest absolute Gasteiger partial charge is 0.351 e. The van der Waals surface area contributed by atoms with E-state index in [-0.39, 0.29) is 24.2 Å². The summed E-state index contributed by atoms with van der Waals surface area (Å²) < 4.78 is 41.9. The largest absolute Gasteiger partial charge is 0.416 e. The van der Waals surface area contributed by atoms with Crippen molar-refractivity contribution in [2.24, 2.45) is 0 Å². The molecule has 1 aromatic heterocycles. The lowest BCUT2D eigenvalue weighted by atomic mass is 9.93. The van der Waals surface area contributed by atoms with Crippen LogP contribution in [0.1, 0.15) is 48.7 Å². The lowest BCUT2D eigenvalue weighted by molar-refractivity contribution is -0.137. The molecule has 0 unspecified atom stereocenters. The van der Waals surface area contributed by atoms with E-state index in [1.807, 2.05) is 24.5 Å². The third-order valence-corrected chi connectivity index (χ3v) is 7.83. The molecule has 1 aliphatic carbocycles. The number of nitrogens with one attached hydrogen (secondary N) is 1. The number of carbonyl (C=O) groups is 2. The van der Waals surface area contributed by atoms with Gasteiger partial charge in [0.2, 0.25) is 5.91 Å². The summed E-state index contributed by atoms with van der Waals surface area (Å²) in [5, 5.41) is 3.64. The number of hydrogen-bond acceptors (Lipinski definition) is 3. The van der Waals surface area contributed by atoms with Crippen molar-refractivity contribution < 1.29 is 22.8 Å². The minimum atomic E-state index is -4.51. The second-order valence-electron chi connectivity index (χ2n) is 9.46. The fourth-order valence-electron chi connectivity index (χ4n) is 5.23. The zero-order valence-electron chi connectivity index (χ0n) is 19.5. The highest BCUT2D eigenvalue weighted by atomic mass is 32.2. The highest BCUT2D eigenvalue weighted by Gasteiger charge is 2.49. The average Bonchev–Trinajstić information content (AvgIpc) is 3.46. The standard InChI is InChI=1S/C26H26F3N3O2S/c1-25(24(34)30-18-6-3-4-7-18)15-31-21-13-17(26(27,28)29)11-10-16(21)12-22(31)23(33)32(25)19-8-5-9-20(14-19)35-2/h5,8-14,18H,3-4,6-7,15H2,1-2H3,(H,30,34)/t25-/m1/s1. The summed E-state index contributed by atoms with van der Waals surface area (Å²) in [6.45, 7) is 1.74. The molecule has 2 aromatic carbocycles. The van der Waals surface area contributed by atoms with Gasteiger partial charge in [-0.2, -0.15) is 13.2 Å². The summed E-state index contributed by atoms with van der Waals surface area (Å²) in [5.41, 5.74) is -0.978. The van der Waals surface area contributed by atoms with Gasteiger partial charge in [0.05, 0.1) is 12.1 Å². The summed E-state index contributed by atoms with van der Waals surface area (Å²) in [6.07, 6.45) is 1.25. The Labute approximate surface area is 205 Å². The van der Waals surface area contributed by atoms with Gasteiger partial charge in [0.15, 0.2) is 0 Å². The molecule has 35 heavy (non-hydrogen) atoms. The Kier molecular flexibility index (Phi) is 5.86. The van der Waals surface area contributed by atoms with E-state index in [4.69, 9.17) is 0 Å². The number of halogens is 3. The van der Waals surface area contributed by atoms with Crippen LogP contribution >= 0.6 is 11.8 Å². The highest BCUT2D eigenvalue weighted by Crippen LogP contribution is 2.39. The van der Waals surface area contributed by atoms with Crippen molar-refractivity contribution in [2.75, 3.05) is 11.2 Å². The van der Waals surface area contributed by atoms with Crippen molar-refractivity contribution in [3.8, 4) is 0 Å². The van der Waals surface area contributed by atoms with Crippen LogP contribution in [0.5, 0.6) is 0 Å². The first kappa shape index (κ1) is 23.8. The van der Waals surface area contributed by atoms with Crippen LogP contribution in [0.15, 0.2) is 53.4 Å². The van der Waals surface area contributed by atoms with Gasteiger partial charge in [-0.25, -0.2) is 0 Å². The number of hydrogen-bond donors (Lipinski definition) is 1. The molecular formula is C26H26F3N3O2S. The number of anilines is 1. The van der Waals surface area contributed by atoms with Gasteiger partial charge in [-0.05, 0) is 62.4 Å². The Hall–Kier alpha value is -2.94. The van der Waals surface area contributed by atoms with E-state index in [1.54, 1.807) is 23.6 Å². The van der Waals surface area contributed by atoms with E-state index < -0.39 is 23.2 Å². The van der Waals surface area contributed by atoms with E-state index in [1.165, 1.54) is 22.7 Å². The Bertz CT molecular complexity index is 1310. The molecule has 5 rings (SSSR count). The van der Waals surface area contributed by atoms with Gasteiger partial charge in [-0.15, -0.1) is 11.8 Å². The fraction of sp³-hybridized carbons (Fsp3) is 0.385. The van der Waals surface area contributed by atoms with E-state index in [0.29, 0.717) is 16.6 Å². The van der Waals surface area contributed by atoms with Crippen molar-refractivity contribution in [1.29, 1.82) is 0 Å². The molecular weight excluding hydrogens is 475 g/mol. The van der Waals surface area contributed by atoms with Gasteiger partial charge >= 0.3 is 6.18 Å². The van der Waals surface area contributed by atoms with Crippen LogP contribution < -0.4 is 10.2 Å². The summed E-state index contributed by atoms with van der Waals surface area (Å²) in [7, 11) is 0. The molecule has 184 valence electrons. The number of amides is 2. The van der Waals surface area contributed by atoms with E-state index in [2.05, 4.69) is 5.32 Å². The summed E-state index contributed by atoms with van der Waals surface area (Å²) in [6, 6.07) is 12.5. The van der Waals surface area contributed by atoms with Gasteiger partial charge in [-0.3, -0.25) is 14.5 Å². The second kappa shape index (κ2) is 8.62. The molecule has 2 amide bonds. The van der Waals surface area contributed by atoms with Crippen LogP contribution in [0, 0.1) is 0 Å². The highest BCUT2D eigenvalue weighted by molar-refractivity contribution is 7.98. The number of thioether (sulfide) groups is 1. The molecule has 9 heteroatoms. The van der Waals surface area contributed by atoms with Crippen LogP contribution in [-0.4, -0.2) is 34.2 Å². The first-order valence-corrected chi connectivity index (χ1v) is 12.8. The predicted octanol–water partition coefficient (Wildman–Crippen LogP) is 5.86. The average molecular weight is 502 g/mol. The molecule has 0 spiro atoms. The normalized spacial score (nSPS) is 20.9. The van der Waals surface area contributed by atoms with Crippen LogP contribution in [0.4, 0.5) is 18.9 Å². The molecule has 1 atom stereocenters. The minimum absolute atomic E-state index is 0.0356. The van der Waals surface area contributed by atoms with Crippen molar-refractivity contribution in [3.05, 3.63) is 59.8 Å². The molecule has 2 aliphatic rings. The number of carbonyl (C=O) groups excluding carboxylic acids is 2. The maximum atomic E-state index is 13.9. The van der Waals surface area contributed by atoms with Crippen LogP contribution in [0.3, 0.4) is 0 Å². The zero-order valence-corrected chi connectivity index (χ0v) is 20.3. The topological polar surface area (TPSA) is 54.3 Å². The number of aromatic nitrogens is 1. The predicted molar refractivity (Wildman–Crippen MR) is 131 cm³/mol. The molecule has 1 aliphatic heterocycles. The number of fused-ring (bicyclic) bond motifs is 3. The number of alkyl halides is 3. The second-order valence-corrected chi connectivity index (χ2v) is 10.3. The molecule has 1 N–H and O–H groups in total. The maximum absolute atomic E-state index is 13.9.